The van der Waals surface area contributed by atoms with Crippen molar-refractivity contribution in [2.45, 2.75) is 26.0 Å². The quantitative estimate of drug-likeness (QED) is 0.670. The topological polar surface area (TPSA) is 52.6 Å². The normalized spacial score (nSPS) is 13.1. The maximum absolute atomic E-state index is 12.6. The summed E-state index contributed by atoms with van der Waals surface area (Å²) < 4.78 is 0. The minimum Gasteiger partial charge on any atom is -0.392 e. The van der Waals surface area contributed by atoms with E-state index in [2.05, 4.69) is 35.6 Å². The number of aliphatic hydroxyl groups is 1. The van der Waals surface area contributed by atoms with Gasteiger partial charge in [0.2, 0.25) is 5.91 Å². The first kappa shape index (κ1) is 18.9. The second-order valence-corrected chi connectivity index (χ2v) is 6.96. The molecule has 0 aromatic heterocycles. The van der Waals surface area contributed by atoms with Crippen LogP contribution in [0.1, 0.15) is 25.5 Å². The van der Waals surface area contributed by atoms with Crippen LogP contribution in [0.3, 0.4) is 0 Å². The summed E-state index contributed by atoms with van der Waals surface area (Å²) in [5, 5.41) is 15.2. The molecule has 0 aliphatic heterocycles. The van der Waals surface area contributed by atoms with Gasteiger partial charge < -0.3 is 15.3 Å². The number of fused-ring (bicyclic) bond motifs is 1. The number of hydrogen-bond donors (Lipinski definition) is 2. The number of aliphatic hydroxyl groups excluding tert-OH is 1. The third-order valence-corrected chi connectivity index (χ3v) is 4.59. The highest BCUT2D eigenvalue weighted by atomic mass is 16.3. The Kier molecular flexibility index (Phi) is 6.09. The Morgan fingerprint density at radius 2 is 1.63 bits per heavy atom. The van der Waals surface area contributed by atoms with Crippen molar-refractivity contribution in [2.24, 2.45) is 0 Å². The Hall–Kier alpha value is -2.85. The third kappa shape index (κ3) is 5.08. The van der Waals surface area contributed by atoms with Crippen LogP contribution >= 0.6 is 0 Å². The molecule has 0 spiro atoms. The second-order valence-electron chi connectivity index (χ2n) is 6.96. The van der Waals surface area contributed by atoms with Crippen LogP contribution < -0.4 is 10.2 Å². The molecule has 3 aromatic rings. The molecule has 1 amide bonds. The van der Waals surface area contributed by atoms with Gasteiger partial charge in [-0.2, -0.15) is 0 Å². The lowest BCUT2D eigenvalue weighted by Gasteiger charge is -2.26. The van der Waals surface area contributed by atoms with Crippen LogP contribution in [0, 0.1) is 0 Å². The van der Waals surface area contributed by atoms with E-state index in [1.807, 2.05) is 54.3 Å². The first-order valence-corrected chi connectivity index (χ1v) is 9.29. The minimum absolute atomic E-state index is 0.0693. The van der Waals surface area contributed by atoms with Crippen LogP contribution in [-0.2, 0) is 4.79 Å². The summed E-state index contributed by atoms with van der Waals surface area (Å²) in [6, 6.07) is 24.0. The van der Waals surface area contributed by atoms with Gasteiger partial charge in [0.15, 0.2) is 0 Å². The molecule has 2 unspecified atom stereocenters. The highest BCUT2D eigenvalue weighted by Gasteiger charge is 2.16. The molecule has 4 nitrogen and oxygen atoms in total. The SMILES string of the molecule is CC(O)CN(CC(=O)NC(C)c1ccc2ccccc2c1)c1ccccc1. The lowest BCUT2D eigenvalue weighted by Crippen LogP contribution is -2.41. The molecular formula is C23H26N2O2. The number of nitrogens with one attached hydrogen (secondary N) is 1. The maximum atomic E-state index is 12.6. The molecule has 2 atom stereocenters. The van der Waals surface area contributed by atoms with Crippen molar-refractivity contribution in [3.8, 4) is 0 Å². The number of para-hydroxylation sites is 1. The molecule has 2 N–H and O–H groups in total. The summed E-state index contributed by atoms with van der Waals surface area (Å²) in [7, 11) is 0. The van der Waals surface area contributed by atoms with Crippen LogP contribution in [-0.4, -0.2) is 30.2 Å². The molecule has 140 valence electrons. The lowest BCUT2D eigenvalue weighted by atomic mass is 10.0. The van der Waals surface area contributed by atoms with Crippen LogP contribution in [0.15, 0.2) is 72.8 Å². The van der Waals surface area contributed by atoms with E-state index in [4.69, 9.17) is 0 Å². The van der Waals surface area contributed by atoms with E-state index in [9.17, 15) is 9.90 Å². The van der Waals surface area contributed by atoms with E-state index < -0.39 is 6.10 Å². The standard InChI is InChI=1S/C23H26N2O2/c1-17(26)15-25(22-10-4-3-5-11-22)16-23(27)24-18(2)20-13-12-19-8-6-7-9-21(19)14-20/h3-14,17-18,26H,15-16H2,1-2H3,(H,24,27). The van der Waals surface area contributed by atoms with Crippen molar-refractivity contribution in [1.29, 1.82) is 0 Å². The smallest absolute Gasteiger partial charge is 0.239 e. The van der Waals surface area contributed by atoms with Crippen molar-refractivity contribution < 1.29 is 9.90 Å². The number of carbonyl (C=O) groups excluding carboxylic acids is 1. The zero-order valence-corrected chi connectivity index (χ0v) is 15.8. The van der Waals surface area contributed by atoms with Gasteiger partial charge in [0.1, 0.15) is 0 Å². The van der Waals surface area contributed by atoms with E-state index in [1.165, 1.54) is 5.39 Å². The Morgan fingerprint density at radius 1 is 0.963 bits per heavy atom. The average Bonchev–Trinajstić information content (AvgIpc) is 2.67. The van der Waals surface area contributed by atoms with E-state index >= 15 is 0 Å². The molecule has 0 aliphatic carbocycles. The van der Waals surface area contributed by atoms with Crippen LogP contribution in [0.5, 0.6) is 0 Å². The molecule has 0 fully saturated rings. The summed E-state index contributed by atoms with van der Waals surface area (Å²) in [5.41, 5.74) is 2.00. The number of rotatable bonds is 7. The zero-order valence-electron chi connectivity index (χ0n) is 15.8. The predicted molar refractivity (Wildman–Crippen MR) is 111 cm³/mol. The molecule has 4 heteroatoms. The second kappa shape index (κ2) is 8.69. The van der Waals surface area contributed by atoms with Crippen LogP contribution in [0.2, 0.25) is 0 Å². The summed E-state index contributed by atoms with van der Waals surface area (Å²) in [6.07, 6.45) is -0.518. The predicted octanol–water partition coefficient (Wildman–Crippen LogP) is 3.90. The monoisotopic (exact) mass is 362 g/mol. The molecule has 0 saturated heterocycles. The van der Waals surface area contributed by atoms with Gasteiger partial charge in [0.25, 0.3) is 0 Å². The third-order valence-electron chi connectivity index (χ3n) is 4.59. The highest BCUT2D eigenvalue weighted by Crippen LogP contribution is 2.20. The molecular weight excluding hydrogens is 336 g/mol. The largest absolute Gasteiger partial charge is 0.392 e. The zero-order chi connectivity index (χ0) is 19.2. The average molecular weight is 362 g/mol. The number of carbonyl (C=O) groups is 1. The van der Waals surface area contributed by atoms with Crippen molar-refractivity contribution in [3.05, 3.63) is 78.4 Å². The summed E-state index contributed by atoms with van der Waals surface area (Å²) in [4.78, 5) is 14.5. The molecule has 27 heavy (non-hydrogen) atoms. The Balaban J connectivity index is 1.68. The Bertz CT molecular complexity index is 893. The van der Waals surface area contributed by atoms with Crippen molar-refractivity contribution in [3.63, 3.8) is 0 Å². The van der Waals surface area contributed by atoms with Gasteiger partial charge in [-0.15, -0.1) is 0 Å². The fourth-order valence-corrected chi connectivity index (χ4v) is 3.24. The van der Waals surface area contributed by atoms with E-state index in [-0.39, 0.29) is 18.5 Å². The van der Waals surface area contributed by atoms with E-state index in [0.29, 0.717) is 6.54 Å². The van der Waals surface area contributed by atoms with Gasteiger partial charge in [0, 0.05) is 12.2 Å². The molecule has 0 aliphatic rings. The number of anilines is 1. The van der Waals surface area contributed by atoms with Gasteiger partial charge in [-0.25, -0.2) is 0 Å². The molecule has 0 bridgehead atoms. The van der Waals surface area contributed by atoms with Gasteiger partial charge in [-0.05, 0) is 48.4 Å². The van der Waals surface area contributed by atoms with Crippen LogP contribution in [0.25, 0.3) is 10.8 Å². The van der Waals surface area contributed by atoms with Gasteiger partial charge in [-0.1, -0.05) is 54.6 Å². The van der Waals surface area contributed by atoms with E-state index in [1.54, 1.807) is 6.92 Å². The van der Waals surface area contributed by atoms with Gasteiger partial charge >= 0.3 is 0 Å². The molecule has 0 heterocycles. The van der Waals surface area contributed by atoms with Crippen LogP contribution in [0.4, 0.5) is 5.69 Å². The van der Waals surface area contributed by atoms with Gasteiger partial charge in [0.05, 0.1) is 18.7 Å². The number of amides is 1. The minimum atomic E-state index is -0.518. The Labute approximate surface area is 160 Å². The fraction of sp³-hybridized carbons (Fsp3) is 0.261. The summed E-state index contributed by atoms with van der Waals surface area (Å²) >= 11 is 0. The first-order valence-electron chi connectivity index (χ1n) is 9.29. The highest BCUT2D eigenvalue weighted by molar-refractivity contribution is 5.84. The van der Waals surface area contributed by atoms with E-state index in [0.717, 1.165) is 16.6 Å². The van der Waals surface area contributed by atoms with Crippen molar-refractivity contribution >= 4 is 22.4 Å². The molecule has 3 aromatic carbocycles. The molecule has 3 rings (SSSR count). The molecule has 0 saturated carbocycles. The lowest BCUT2D eigenvalue weighted by molar-refractivity contribution is -0.120. The summed E-state index contributed by atoms with van der Waals surface area (Å²) in [6.45, 7) is 4.32. The maximum Gasteiger partial charge on any atom is 0.239 e. The first-order chi connectivity index (χ1) is 13.0. The van der Waals surface area contributed by atoms with Gasteiger partial charge in [-0.3, -0.25) is 4.79 Å². The molecule has 0 radical (unpaired) electrons. The fourth-order valence-electron chi connectivity index (χ4n) is 3.24. The number of hydrogen-bond acceptors (Lipinski definition) is 3. The number of benzene rings is 3. The van der Waals surface area contributed by atoms with Crippen molar-refractivity contribution in [1.82, 2.24) is 5.32 Å². The number of nitrogens with zero attached hydrogens (tertiary/aromatic N) is 1. The summed E-state index contributed by atoms with van der Waals surface area (Å²) in [5.74, 6) is -0.0693. The van der Waals surface area contributed by atoms with Crippen molar-refractivity contribution in [2.75, 3.05) is 18.0 Å². The Morgan fingerprint density at radius 3 is 2.33 bits per heavy atom.